The number of aliphatic hydroxyl groups excluding tert-OH is 1. The van der Waals surface area contributed by atoms with Gasteiger partial charge < -0.3 is 14.4 Å². The second-order valence-corrected chi connectivity index (χ2v) is 8.89. The summed E-state index contributed by atoms with van der Waals surface area (Å²) in [6.07, 6.45) is -4.55. The highest BCUT2D eigenvalue weighted by Crippen LogP contribution is 2.41. The molecule has 5 nitrogen and oxygen atoms in total. The number of rotatable bonds is 4. The van der Waals surface area contributed by atoms with Gasteiger partial charge in [-0.1, -0.05) is 34.1 Å². The van der Waals surface area contributed by atoms with Crippen LogP contribution in [0.15, 0.2) is 69.1 Å². The zero-order chi connectivity index (χ0) is 24.8. The van der Waals surface area contributed by atoms with Gasteiger partial charge in [0.1, 0.15) is 23.3 Å². The molecule has 0 saturated carbocycles. The molecule has 176 valence electrons. The van der Waals surface area contributed by atoms with Crippen molar-refractivity contribution in [1.29, 1.82) is 0 Å². The molecule has 0 aliphatic carbocycles. The summed E-state index contributed by atoms with van der Waals surface area (Å²) in [6, 6.07) is 11.6. The number of carbonyl (C=O) groups excluding carboxylic acids is 2. The van der Waals surface area contributed by atoms with Gasteiger partial charge >= 0.3 is 6.18 Å². The van der Waals surface area contributed by atoms with Crippen molar-refractivity contribution in [3.63, 3.8) is 0 Å². The largest absolute Gasteiger partial charge is 0.507 e. The van der Waals surface area contributed by atoms with Gasteiger partial charge in [0.2, 0.25) is 0 Å². The molecule has 1 unspecified atom stereocenters. The highest BCUT2D eigenvalue weighted by atomic mass is 79.9. The number of carbonyl (C=O) groups is 2. The van der Waals surface area contributed by atoms with Gasteiger partial charge in [-0.05, 0) is 61.4 Å². The number of nitrogens with zero attached hydrogens (tertiary/aromatic N) is 1. The molecule has 2 aromatic carbocycles. The number of amides is 1. The zero-order valence-corrected chi connectivity index (χ0v) is 19.7. The number of Topliss-reactive ketones (excluding diaryl/α,β-unsaturated/α-hetero) is 1. The Balaban J connectivity index is 1.83. The molecule has 1 N–H and O–H groups in total. The van der Waals surface area contributed by atoms with Crippen LogP contribution in [0.25, 0.3) is 5.76 Å². The minimum Gasteiger partial charge on any atom is -0.507 e. The molecular formula is C25H19BrF3NO4. The molecule has 1 fully saturated rings. The van der Waals surface area contributed by atoms with Crippen molar-refractivity contribution in [2.45, 2.75) is 32.6 Å². The van der Waals surface area contributed by atoms with Crippen LogP contribution in [0.4, 0.5) is 13.2 Å². The molecular weight excluding hydrogens is 515 g/mol. The second-order valence-electron chi connectivity index (χ2n) is 8.04. The summed E-state index contributed by atoms with van der Waals surface area (Å²) in [5.74, 6) is -1.53. The summed E-state index contributed by atoms with van der Waals surface area (Å²) in [7, 11) is 0. The van der Waals surface area contributed by atoms with Gasteiger partial charge in [-0.3, -0.25) is 9.59 Å². The van der Waals surface area contributed by atoms with E-state index in [2.05, 4.69) is 15.9 Å². The van der Waals surface area contributed by atoms with Gasteiger partial charge in [-0.25, -0.2) is 0 Å². The number of benzene rings is 2. The molecule has 1 saturated heterocycles. The van der Waals surface area contributed by atoms with Gasteiger partial charge in [-0.15, -0.1) is 0 Å². The average Bonchev–Trinajstić information content (AvgIpc) is 3.31. The van der Waals surface area contributed by atoms with Crippen LogP contribution in [0, 0.1) is 13.8 Å². The lowest BCUT2D eigenvalue weighted by Gasteiger charge is -2.24. The standard InChI is InChI=1S/C25H19BrF3NO4/c1-13-10-16(7-8-18(13)26)22(31)20-21(19-9-6-14(2)34-19)30(24(33)23(20)32)12-15-4-3-5-17(11-15)25(27,28)29/h3-11,21,31H,12H2,1-2H3/b22-20-. The summed E-state index contributed by atoms with van der Waals surface area (Å²) < 4.78 is 46.1. The normalized spacial score (nSPS) is 18.1. The van der Waals surface area contributed by atoms with E-state index in [9.17, 15) is 27.9 Å². The van der Waals surface area contributed by atoms with E-state index in [1.54, 1.807) is 44.2 Å². The summed E-state index contributed by atoms with van der Waals surface area (Å²) in [6.45, 7) is 3.20. The van der Waals surface area contributed by atoms with Crippen LogP contribution in [-0.4, -0.2) is 21.7 Å². The maximum atomic E-state index is 13.2. The molecule has 1 aliphatic heterocycles. The molecule has 4 rings (SSSR count). The maximum Gasteiger partial charge on any atom is 0.416 e. The van der Waals surface area contributed by atoms with E-state index < -0.39 is 29.5 Å². The predicted molar refractivity (Wildman–Crippen MR) is 122 cm³/mol. The highest BCUT2D eigenvalue weighted by molar-refractivity contribution is 9.10. The number of halogens is 4. The van der Waals surface area contributed by atoms with Crippen molar-refractivity contribution < 1.29 is 32.3 Å². The molecule has 0 bridgehead atoms. The monoisotopic (exact) mass is 533 g/mol. The van der Waals surface area contributed by atoms with Gasteiger partial charge in [0.25, 0.3) is 11.7 Å². The van der Waals surface area contributed by atoms with Crippen molar-refractivity contribution in [3.8, 4) is 0 Å². The number of hydrogen-bond donors (Lipinski definition) is 1. The lowest BCUT2D eigenvalue weighted by Crippen LogP contribution is -2.29. The number of likely N-dealkylation sites (tertiary alicyclic amines) is 1. The maximum absolute atomic E-state index is 13.2. The fraction of sp³-hybridized carbons (Fsp3) is 0.200. The first-order valence-electron chi connectivity index (χ1n) is 10.2. The summed E-state index contributed by atoms with van der Waals surface area (Å²) >= 11 is 3.38. The van der Waals surface area contributed by atoms with E-state index in [1.165, 1.54) is 12.1 Å². The number of ketones is 1. The van der Waals surface area contributed by atoms with Crippen LogP contribution >= 0.6 is 15.9 Å². The third-order valence-electron chi connectivity index (χ3n) is 5.61. The molecule has 0 radical (unpaired) electrons. The van der Waals surface area contributed by atoms with Gasteiger partial charge in [0, 0.05) is 16.6 Å². The Hall–Kier alpha value is -3.33. The summed E-state index contributed by atoms with van der Waals surface area (Å²) in [5.41, 5.74) is 0.258. The Morgan fingerprint density at radius 3 is 2.44 bits per heavy atom. The quantitative estimate of drug-likeness (QED) is 0.242. The van der Waals surface area contributed by atoms with Crippen LogP contribution in [-0.2, 0) is 22.3 Å². The number of alkyl halides is 3. The van der Waals surface area contributed by atoms with E-state index in [1.807, 2.05) is 0 Å². The van der Waals surface area contributed by atoms with Gasteiger partial charge in [0.15, 0.2) is 0 Å². The van der Waals surface area contributed by atoms with Crippen molar-refractivity contribution in [1.82, 2.24) is 4.90 Å². The van der Waals surface area contributed by atoms with E-state index in [0.717, 1.165) is 27.1 Å². The van der Waals surface area contributed by atoms with E-state index in [0.29, 0.717) is 11.3 Å². The van der Waals surface area contributed by atoms with E-state index >= 15 is 0 Å². The third-order valence-corrected chi connectivity index (χ3v) is 6.50. The molecule has 34 heavy (non-hydrogen) atoms. The van der Waals surface area contributed by atoms with Crippen molar-refractivity contribution in [2.75, 3.05) is 0 Å². The zero-order valence-electron chi connectivity index (χ0n) is 18.1. The fourth-order valence-corrected chi connectivity index (χ4v) is 4.18. The van der Waals surface area contributed by atoms with Crippen LogP contribution in [0.1, 0.15) is 39.8 Å². The van der Waals surface area contributed by atoms with Crippen molar-refractivity contribution in [2.24, 2.45) is 0 Å². The van der Waals surface area contributed by atoms with Crippen LogP contribution in [0.2, 0.25) is 0 Å². The average molecular weight is 534 g/mol. The molecule has 1 amide bonds. The third kappa shape index (κ3) is 4.40. The molecule has 2 heterocycles. The van der Waals surface area contributed by atoms with E-state index in [4.69, 9.17) is 4.42 Å². The van der Waals surface area contributed by atoms with Crippen LogP contribution in [0.5, 0.6) is 0 Å². The Labute approximate surface area is 201 Å². The minimum absolute atomic E-state index is 0.185. The predicted octanol–water partition coefficient (Wildman–Crippen LogP) is 6.30. The summed E-state index contributed by atoms with van der Waals surface area (Å²) in [5, 5.41) is 11.1. The lowest BCUT2D eigenvalue weighted by atomic mass is 9.98. The Morgan fingerprint density at radius 1 is 1.09 bits per heavy atom. The lowest BCUT2D eigenvalue weighted by molar-refractivity contribution is -0.140. The highest BCUT2D eigenvalue weighted by Gasteiger charge is 2.47. The Bertz CT molecular complexity index is 1330. The van der Waals surface area contributed by atoms with Crippen molar-refractivity contribution >= 4 is 33.4 Å². The number of aliphatic hydroxyl groups is 1. The number of aryl methyl sites for hydroxylation is 2. The molecule has 3 aromatic rings. The molecule has 1 aromatic heterocycles. The van der Waals surface area contributed by atoms with E-state index in [-0.39, 0.29) is 29.2 Å². The first kappa shape index (κ1) is 23.8. The minimum atomic E-state index is -4.55. The fourth-order valence-electron chi connectivity index (χ4n) is 3.93. The molecule has 1 aliphatic rings. The van der Waals surface area contributed by atoms with Crippen LogP contribution < -0.4 is 0 Å². The molecule has 9 heteroatoms. The Kier molecular flexibility index (Phi) is 6.16. The number of hydrogen-bond acceptors (Lipinski definition) is 4. The SMILES string of the molecule is Cc1ccc(C2/C(=C(/O)c3ccc(Br)c(C)c3)C(=O)C(=O)N2Cc2cccc(C(F)(F)F)c2)o1. The van der Waals surface area contributed by atoms with Gasteiger partial charge in [0.05, 0.1) is 11.1 Å². The van der Waals surface area contributed by atoms with Gasteiger partial charge in [-0.2, -0.15) is 13.2 Å². The van der Waals surface area contributed by atoms with Crippen molar-refractivity contribution in [3.05, 3.63) is 98.4 Å². The molecule has 1 atom stereocenters. The Morgan fingerprint density at radius 2 is 1.82 bits per heavy atom. The second kappa shape index (κ2) is 8.79. The first-order chi connectivity index (χ1) is 16.0. The molecule has 0 spiro atoms. The number of furan rings is 1. The first-order valence-corrected chi connectivity index (χ1v) is 11.0. The summed E-state index contributed by atoms with van der Waals surface area (Å²) in [4.78, 5) is 27.2. The topological polar surface area (TPSA) is 70.8 Å². The smallest absolute Gasteiger partial charge is 0.416 e. The van der Waals surface area contributed by atoms with Crippen LogP contribution in [0.3, 0.4) is 0 Å².